The summed E-state index contributed by atoms with van der Waals surface area (Å²) in [6.07, 6.45) is 1.37. The van der Waals surface area contributed by atoms with Gasteiger partial charge >= 0.3 is 0 Å². The number of aromatic nitrogens is 3. The van der Waals surface area contributed by atoms with Crippen molar-refractivity contribution in [3.8, 4) is 0 Å². The molecule has 0 spiro atoms. The van der Waals surface area contributed by atoms with E-state index >= 15 is 0 Å². The summed E-state index contributed by atoms with van der Waals surface area (Å²) < 4.78 is 0. The summed E-state index contributed by atoms with van der Waals surface area (Å²) in [6, 6.07) is 8.52. The number of amides is 1. The van der Waals surface area contributed by atoms with Crippen molar-refractivity contribution >= 4 is 40.0 Å². The first-order chi connectivity index (χ1) is 12.0. The Morgan fingerprint density at radius 1 is 1.28 bits per heavy atom. The third-order valence-corrected chi connectivity index (χ3v) is 4.40. The summed E-state index contributed by atoms with van der Waals surface area (Å²) in [4.78, 5) is 37.4. The maximum absolute atomic E-state index is 12.7. The van der Waals surface area contributed by atoms with Crippen molar-refractivity contribution in [1.29, 1.82) is 0 Å². The predicted octanol–water partition coefficient (Wildman–Crippen LogP) is 3.29. The van der Waals surface area contributed by atoms with E-state index in [9.17, 15) is 9.59 Å². The lowest BCUT2D eigenvalue weighted by Gasteiger charge is -2.20. The van der Waals surface area contributed by atoms with Crippen LogP contribution in [-0.2, 0) is 6.54 Å². The van der Waals surface area contributed by atoms with E-state index in [1.807, 2.05) is 13.0 Å². The van der Waals surface area contributed by atoms with Crippen molar-refractivity contribution in [2.75, 3.05) is 6.54 Å². The molecule has 0 saturated heterocycles. The van der Waals surface area contributed by atoms with E-state index in [1.54, 1.807) is 18.2 Å². The lowest BCUT2D eigenvalue weighted by Crippen LogP contribution is -2.32. The molecule has 1 amide bonds. The second-order valence-electron chi connectivity index (χ2n) is 5.35. The van der Waals surface area contributed by atoms with Crippen LogP contribution in [0.5, 0.6) is 0 Å². The molecule has 6 nitrogen and oxygen atoms in total. The average molecular weight is 377 g/mol. The number of carbonyl (C=O) groups is 1. The van der Waals surface area contributed by atoms with Gasteiger partial charge in [0.15, 0.2) is 0 Å². The summed E-state index contributed by atoms with van der Waals surface area (Å²) in [7, 11) is 0. The second kappa shape index (κ2) is 7.21. The highest BCUT2D eigenvalue weighted by Gasteiger charge is 2.17. The summed E-state index contributed by atoms with van der Waals surface area (Å²) in [5.74, 6) is 0.135. The zero-order valence-electron chi connectivity index (χ0n) is 13.3. The van der Waals surface area contributed by atoms with Crippen LogP contribution >= 0.6 is 23.2 Å². The number of benzene rings is 1. The molecule has 2 heterocycles. The number of aromatic amines is 1. The SMILES string of the molecule is CCN(Cc1nc2ccccc2c(=O)[nH]1)C(=O)c1cnc(Cl)c(Cl)c1. The van der Waals surface area contributed by atoms with Gasteiger partial charge in [-0.1, -0.05) is 35.3 Å². The highest BCUT2D eigenvalue weighted by molar-refractivity contribution is 6.41. The lowest BCUT2D eigenvalue weighted by atomic mass is 10.2. The van der Waals surface area contributed by atoms with Crippen molar-refractivity contribution in [2.45, 2.75) is 13.5 Å². The van der Waals surface area contributed by atoms with E-state index < -0.39 is 0 Å². The number of hydrogen-bond acceptors (Lipinski definition) is 4. The molecule has 3 aromatic rings. The van der Waals surface area contributed by atoms with Crippen molar-refractivity contribution in [1.82, 2.24) is 19.9 Å². The Balaban J connectivity index is 1.90. The standard InChI is InChI=1S/C17H14Cl2N4O2/c1-2-23(17(25)10-7-12(18)15(19)20-8-10)9-14-21-13-6-4-3-5-11(13)16(24)22-14/h3-8H,2,9H2,1H3,(H,21,22,24). The number of nitrogens with one attached hydrogen (secondary N) is 1. The van der Waals surface area contributed by atoms with Gasteiger partial charge in [0.1, 0.15) is 11.0 Å². The normalized spacial score (nSPS) is 10.8. The molecule has 8 heteroatoms. The van der Waals surface area contributed by atoms with Gasteiger partial charge in [-0.05, 0) is 25.1 Å². The van der Waals surface area contributed by atoms with E-state index in [4.69, 9.17) is 23.2 Å². The van der Waals surface area contributed by atoms with Crippen LogP contribution in [0.1, 0.15) is 23.1 Å². The Morgan fingerprint density at radius 3 is 2.76 bits per heavy atom. The molecule has 3 rings (SSSR count). The minimum absolute atomic E-state index is 0.141. The molecule has 0 aliphatic rings. The summed E-state index contributed by atoms with van der Waals surface area (Å²) in [6.45, 7) is 2.42. The number of carbonyl (C=O) groups excluding carboxylic acids is 1. The Morgan fingerprint density at radius 2 is 2.04 bits per heavy atom. The van der Waals surface area contributed by atoms with Crippen LogP contribution in [0, 0.1) is 0 Å². The van der Waals surface area contributed by atoms with Gasteiger partial charge in [-0.15, -0.1) is 0 Å². The molecule has 0 unspecified atom stereocenters. The average Bonchev–Trinajstić information content (AvgIpc) is 2.61. The minimum atomic E-state index is -0.274. The lowest BCUT2D eigenvalue weighted by molar-refractivity contribution is 0.0748. The largest absolute Gasteiger partial charge is 0.331 e. The Bertz CT molecular complexity index is 1000. The van der Waals surface area contributed by atoms with Gasteiger partial charge in [0.2, 0.25) is 0 Å². The molecule has 0 fully saturated rings. The smallest absolute Gasteiger partial charge is 0.258 e. The molecule has 0 saturated carbocycles. The summed E-state index contributed by atoms with van der Waals surface area (Å²) >= 11 is 11.7. The van der Waals surface area contributed by atoms with Crippen molar-refractivity contribution in [3.63, 3.8) is 0 Å². The van der Waals surface area contributed by atoms with Crippen LogP contribution < -0.4 is 5.56 Å². The molecule has 0 bridgehead atoms. The molecule has 25 heavy (non-hydrogen) atoms. The molecule has 128 valence electrons. The van der Waals surface area contributed by atoms with Crippen molar-refractivity contribution in [2.24, 2.45) is 0 Å². The molecule has 0 atom stereocenters. The van der Waals surface area contributed by atoms with E-state index in [1.165, 1.54) is 17.2 Å². The monoisotopic (exact) mass is 376 g/mol. The van der Waals surface area contributed by atoms with Crippen LogP contribution in [0.4, 0.5) is 0 Å². The molecule has 1 aromatic carbocycles. The predicted molar refractivity (Wildman–Crippen MR) is 97.0 cm³/mol. The van der Waals surface area contributed by atoms with Crippen LogP contribution in [0.2, 0.25) is 10.2 Å². The van der Waals surface area contributed by atoms with Crippen molar-refractivity contribution in [3.05, 3.63) is 68.4 Å². The van der Waals surface area contributed by atoms with Gasteiger partial charge < -0.3 is 9.88 Å². The van der Waals surface area contributed by atoms with Gasteiger partial charge in [0, 0.05) is 12.7 Å². The third-order valence-electron chi connectivity index (χ3n) is 3.71. The first kappa shape index (κ1) is 17.4. The maximum atomic E-state index is 12.7. The minimum Gasteiger partial charge on any atom is -0.331 e. The summed E-state index contributed by atoms with van der Waals surface area (Å²) in [5.41, 5.74) is 0.667. The molecule has 0 aliphatic heterocycles. The molecular weight excluding hydrogens is 363 g/mol. The zero-order chi connectivity index (χ0) is 18.0. The highest BCUT2D eigenvalue weighted by Crippen LogP contribution is 2.20. The van der Waals surface area contributed by atoms with Crippen LogP contribution in [0.25, 0.3) is 10.9 Å². The Labute approximate surface area is 153 Å². The fourth-order valence-corrected chi connectivity index (χ4v) is 2.71. The van der Waals surface area contributed by atoms with E-state index in [2.05, 4.69) is 15.0 Å². The van der Waals surface area contributed by atoms with Gasteiger partial charge in [0.25, 0.3) is 11.5 Å². The number of fused-ring (bicyclic) bond motifs is 1. The van der Waals surface area contributed by atoms with Gasteiger partial charge in [-0.2, -0.15) is 0 Å². The van der Waals surface area contributed by atoms with Crippen LogP contribution in [0.3, 0.4) is 0 Å². The first-order valence-electron chi connectivity index (χ1n) is 7.58. The molecule has 1 N–H and O–H groups in total. The third kappa shape index (κ3) is 3.65. The van der Waals surface area contributed by atoms with Gasteiger partial charge in [-0.3, -0.25) is 9.59 Å². The number of para-hydroxylation sites is 1. The van der Waals surface area contributed by atoms with E-state index in [0.717, 1.165) is 0 Å². The summed E-state index contributed by atoms with van der Waals surface area (Å²) in [5, 5.41) is 0.858. The number of halogens is 2. The first-order valence-corrected chi connectivity index (χ1v) is 8.33. The van der Waals surface area contributed by atoms with E-state index in [0.29, 0.717) is 28.8 Å². The highest BCUT2D eigenvalue weighted by atomic mass is 35.5. The second-order valence-corrected chi connectivity index (χ2v) is 6.11. The topological polar surface area (TPSA) is 79.0 Å². The number of nitrogens with zero attached hydrogens (tertiary/aromatic N) is 3. The molecule has 2 aromatic heterocycles. The Kier molecular flexibility index (Phi) is 5.01. The number of rotatable bonds is 4. The quantitative estimate of drug-likeness (QED) is 0.708. The number of H-pyrrole nitrogens is 1. The zero-order valence-corrected chi connectivity index (χ0v) is 14.8. The number of hydrogen-bond donors (Lipinski definition) is 1. The van der Waals surface area contributed by atoms with Crippen LogP contribution in [-0.4, -0.2) is 32.3 Å². The Hall–Kier alpha value is -2.44. The van der Waals surface area contributed by atoms with Crippen LogP contribution in [0.15, 0.2) is 41.3 Å². The maximum Gasteiger partial charge on any atom is 0.258 e. The van der Waals surface area contributed by atoms with Gasteiger partial charge in [-0.25, -0.2) is 9.97 Å². The number of pyridine rings is 1. The van der Waals surface area contributed by atoms with Crippen molar-refractivity contribution < 1.29 is 4.79 Å². The van der Waals surface area contributed by atoms with E-state index in [-0.39, 0.29) is 28.2 Å². The molecule has 0 radical (unpaired) electrons. The fraction of sp³-hybridized carbons (Fsp3) is 0.176. The molecule has 0 aliphatic carbocycles. The fourth-order valence-electron chi connectivity index (χ4n) is 2.44. The molecular formula is C17H14Cl2N4O2. The van der Waals surface area contributed by atoms with Gasteiger partial charge in [0.05, 0.1) is 28.0 Å².